The summed E-state index contributed by atoms with van der Waals surface area (Å²) in [5.41, 5.74) is 4.62. The molecular formula is C9H16N3O12P3S. The zero-order valence-corrected chi connectivity index (χ0v) is 17.1. The molecule has 2 heterocycles. The number of hydrogen-bond acceptors (Lipinski definition) is 11. The van der Waals surface area contributed by atoms with Crippen molar-refractivity contribution >= 4 is 40.0 Å². The number of aliphatic hydroxyl groups excluding tert-OH is 1. The van der Waals surface area contributed by atoms with Gasteiger partial charge in [-0.05, 0) is 17.9 Å². The van der Waals surface area contributed by atoms with Crippen LogP contribution in [-0.4, -0.2) is 53.0 Å². The Morgan fingerprint density at radius 2 is 1.93 bits per heavy atom. The molecule has 3 unspecified atom stereocenters. The van der Waals surface area contributed by atoms with E-state index in [1.165, 1.54) is 12.3 Å². The highest BCUT2D eigenvalue weighted by atomic mass is 32.5. The van der Waals surface area contributed by atoms with Crippen LogP contribution in [0, 0.1) is 0 Å². The Morgan fingerprint density at radius 1 is 1.29 bits per heavy atom. The zero-order chi connectivity index (χ0) is 21.3. The predicted octanol–water partition coefficient (Wildman–Crippen LogP) is -1.07. The van der Waals surface area contributed by atoms with Crippen LogP contribution in [0.3, 0.4) is 0 Å². The summed E-state index contributed by atoms with van der Waals surface area (Å²) in [5.74, 6) is -0.0231. The standard InChI is InChI=1S/C9H16N3O12P3S/c10-7-1-2-12(9(14)11-7)8-3-5(13)6(22-8)4-21-25(15,16)23-26(17,18)24-27(19,20)28/h1-2,5-6,8,13H,3-4H2,(H,15,16)(H,17,18)(H2,10,11,14)(H2,19,20,28)/t5?,6-,8-/m1/s1. The molecule has 0 aromatic carbocycles. The van der Waals surface area contributed by atoms with Gasteiger partial charge in [0.2, 0.25) is 0 Å². The van der Waals surface area contributed by atoms with Gasteiger partial charge in [0, 0.05) is 12.6 Å². The number of nitrogens with two attached hydrogens (primary N) is 1. The molecule has 0 radical (unpaired) electrons. The molecule has 1 saturated heterocycles. The number of ether oxygens (including phenoxy) is 1. The van der Waals surface area contributed by atoms with E-state index >= 15 is 0 Å². The van der Waals surface area contributed by atoms with E-state index in [0.717, 1.165) is 4.57 Å². The van der Waals surface area contributed by atoms with E-state index in [2.05, 4.69) is 29.9 Å². The highest BCUT2D eigenvalue weighted by molar-refractivity contribution is 8.08. The number of rotatable bonds is 8. The van der Waals surface area contributed by atoms with Gasteiger partial charge >= 0.3 is 28.1 Å². The summed E-state index contributed by atoms with van der Waals surface area (Å²) in [6.07, 6.45) is -2.27. The van der Waals surface area contributed by atoms with E-state index in [4.69, 9.17) is 20.3 Å². The van der Waals surface area contributed by atoms with Crippen molar-refractivity contribution in [3.8, 4) is 0 Å². The molecule has 7 N–H and O–H groups in total. The number of anilines is 1. The predicted molar refractivity (Wildman–Crippen MR) is 93.9 cm³/mol. The molecule has 28 heavy (non-hydrogen) atoms. The van der Waals surface area contributed by atoms with Crippen molar-refractivity contribution < 1.29 is 51.7 Å². The first kappa shape index (κ1) is 23.7. The average molecular weight is 483 g/mol. The van der Waals surface area contributed by atoms with E-state index in [1.54, 1.807) is 0 Å². The van der Waals surface area contributed by atoms with E-state index in [1.807, 2.05) is 0 Å². The Hall–Kier alpha value is -0.570. The number of nitrogen functional groups attached to an aromatic ring is 1. The van der Waals surface area contributed by atoms with Crippen molar-refractivity contribution in [1.29, 1.82) is 0 Å². The van der Waals surface area contributed by atoms with Crippen molar-refractivity contribution in [3.63, 3.8) is 0 Å². The highest BCUT2D eigenvalue weighted by Gasteiger charge is 2.42. The maximum absolute atomic E-state index is 11.8. The number of phosphoric ester groups is 1. The van der Waals surface area contributed by atoms with Crippen molar-refractivity contribution in [2.45, 2.75) is 24.9 Å². The van der Waals surface area contributed by atoms with Crippen LogP contribution in [0.4, 0.5) is 5.82 Å². The molecule has 0 amide bonds. The van der Waals surface area contributed by atoms with E-state index in [9.17, 15) is 28.8 Å². The van der Waals surface area contributed by atoms with Gasteiger partial charge in [0.1, 0.15) is 18.1 Å². The molecule has 1 aromatic rings. The molecule has 1 aliphatic rings. The summed E-state index contributed by atoms with van der Waals surface area (Å²) < 4.78 is 41.5. The van der Waals surface area contributed by atoms with Gasteiger partial charge in [-0.25, -0.2) is 18.2 Å². The summed E-state index contributed by atoms with van der Waals surface area (Å²) in [7, 11) is -10.7. The lowest BCUT2D eigenvalue weighted by atomic mass is 10.2. The van der Waals surface area contributed by atoms with Crippen molar-refractivity contribution in [3.05, 3.63) is 22.7 Å². The first-order chi connectivity index (χ1) is 12.7. The van der Waals surface area contributed by atoms with Crippen molar-refractivity contribution in [2.75, 3.05) is 12.3 Å². The summed E-state index contributed by atoms with van der Waals surface area (Å²) in [4.78, 5) is 51.5. The number of nitrogens with zero attached hydrogens (tertiary/aromatic N) is 2. The third kappa shape index (κ3) is 7.04. The SMILES string of the molecule is Nc1ccn([C@H]2CC(O)[C@@H](COP(=O)(O)OP(=O)(O)OP(O)(O)=S)O2)c(=O)n1. The second kappa shape index (κ2) is 8.66. The number of hydrogen-bond donors (Lipinski definition) is 6. The molecule has 0 spiro atoms. The molecule has 0 bridgehead atoms. The topological polar surface area (TPSA) is 233 Å². The lowest BCUT2D eigenvalue weighted by molar-refractivity contribution is -0.0449. The Kier molecular flexibility index (Phi) is 7.33. The third-order valence-electron chi connectivity index (χ3n) is 3.18. The van der Waals surface area contributed by atoms with Crippen LogP contribution in [-0.2, 0) is 38.8 Å². The summed E-state index contributed by atoms with van der Waals surface area (Å²) in [6, 6.07) is 1.32. The summed E-state index contributed by atoms with van der Waals surface area (Å²) >= 11 is 3.95. The van der Waals surface area contributed by atoms with Gasteiger partial charge in [0.05, 0.1) is 12.7 Å². The van der Waals surface area contributed by atoms with E-state index < -0.39 is 53.1 Å². The second-order valence-corrected chi connectivity index (χ2v) is 11.2. The largest absolute Gasteiger partial charge is 0.488 e. The summed E-state index contributed by atoms with van der Waals surface area (Å²) in [6.45, 7) is -5.47. The van der Waals surface area contributed by atoms with Gasteiger partial charge in [0.25, 0.3) is 0 Å². The Morgan fingerprint density at radius 3 is 2.50 bits per heavy atom. The second-order valence-electron chi connectivity index (χ2n) is 5.36. The van der Waals surface area contributed by atoms with Gasteiger partial charge < -0.3 is 35.2 Å². The van der Waals surface area contributed by atoms with Gasteiger partial charge in [-0.1, -0.05) is 0 Å². The molecule has 5 atom stereocenters. The minimum Gasteiger partial charge on any atom is -0.390 e. The first-order valence-corrected chi connectivity index (χ1v) is 12.8. The van der Waals surface area contributed by atoms with Crippen LogP contribution >= 0.6 is 22.4 Å². The maximum Gasteiger partial charge on any atom is 0.488 e. The van der Waals surface area contributed by atoms with E-state index in [0.29, 0.717) is 0 Å². The van der Waals surface area contributed by atoms with Gasteiger partial charge in [-0.15, -0.1) is 0 Å². The molecule has 0 saturated carbocycles. The first-order valence-electron chi connectivity index (χ1n) is 7.14. The normalized spacial score (nSPS) is 27.2. The molecule has 2 rings (SSSR count). The molecule has 19 heteroatoms. The smallest absolute Gasteiger partial charge is 0.390 e. The van der Waals surface area contributed by atoms with Gasteiger partial charge in [0.15, 0.2) is 0 Å². The van der Waals surface area contributed by atoms with Gasteiger partial charge in [-0.3, -0.25) is 9.09 Å². The molecule has 160 valence electrons. The monoisotopic (exact) mass is 483 g/mol. The molecule has 1 fully saturated rings. The Labute approximate surface area is 161 Å². The van der Waals surface area contributed by atoms with Crippen LogP contribution < -0.4 is 11.4 Å². The average Bonchev–Trinajstić information content (AvgIpc) is 2.82. The maximum atomic E-state index is 11.8. The molecular weight excluding hydrogens is 467 g/mol. The molecule has 0 aliphatic carbocycles. The van der Waals surface area contributed by atoms with Crippen LogP contribution in [0.25, 0.3) is 0 Å². The lowest BCUT2D eigenvalue weighted by Gasteiger charge is -2.20. The van der Waals surface area contributed by atoms with Crippen LogP contribution in [0.5, 0.6) is 0 Å². The number of phosphoric acid groups is 2. The van der Waals surface area contributed by atoms with Crippen molar-refractivity contribution in [1.82, 2.24) is 9.55 Å². The van der Waals surface area contributed by atoms with Gasteiger partial charge in [-0.2, -0.15) is 9.29 Å². The quantitative estimate of drug-likeness (QED) is 0.242. The fourth-order valence-corrected chi connectivity index (χ4v) is 5.94. The third-order valence-corrected chi connectivity index (χ3v) is 7.59. The fraction of sp³-hybridized carbons (Fsp3) is 0.556. The lowest BCUT2D eigenvalue weighted by Crippen LogP contribution is -2.28. The molecule has 15 nitrogen and oxygen atoms in total. The van der Waals surface area contributed by atoms with Crippen LogP contribution in [0.2, 0.25) is 0 Å². The van der Waals surface area contributed by atoms with E-state index in [-0.39, 0.29) is 12.2 Å². The minimum atomic E-state index is -5.45. The number of aliphatic hydroxyl groups is 1. The molecule has 1 aliphatic heterocycles. The Balaban J connectivity index is 1.98. The summed E-state index contributed by atoms with van der Waals surface area (Å²) in [5, 5.41) is 9.97. The minimum absolute atomic E-state index is 0.0231. The zero-order valence-electron chi connectivity index (χ0n) is 13.6. The van der Waals surface area contributed by atoms with Crippen molar-refractivity contribution in [2.24, 2.45) is 0 Å². The number of aromatic nitrogens is 2. The fourth-order valence-electron chi connectivity index (χ4n) is 2.15. The highest BCUT2D eigenvalue weighted by Crippen LogP contribution is 2.66. The Bertz CT molecular complexity index is 919. The van der Waals surface area contributed by atoms with Crippen LogP contribution in [0.1, 0.15) is 12.6 Å². The molecule has 1 aromatic heterocycles. The van der Waals surface area contributed by atoms with Crippen LogP contribution in [0.15, 0.2) is 17.1 Å².